The van der Waals surface area contributed by atoms with Crippen molar-refractivity contribution in [2.24, 2.45) is 0 Å². The van der Waals surface area contributed by atoms with Crippen LogP contribution in [0, 0.1) is 18.8 Å². The van der Waals surface area contributed by atoms with Gasteiger partial charge in [-0.1, -0.05) is 143 Å². The van der Waals surface area contributed by atoms with Crippen LogP contribution >= 0.6 is 0 Å². The Morgan fingerprint density at radius 2 is 1.01 bits per heavy atom. The summed E-state index contributed by atoms with van der Waals surface area (Å²) in [6.07, 6.45) is 1.92. The summed E-state index contributed by atoms with van der Waals surface area (Å²) in [5.41, 5.74) is 14.3. The quantitative estimate of drug-likeness (QED) is 0.156. The number of rotatable bonds is 6. The number of hydrogen-bond acceptors (Lipinski definition) is 4. The van der Waals surface area contributed by atoms with E-state index in [1.165, 1.54) is 43.9 Å². The third-order valence-corrected chi connectivity index (χ3v) is 14.1. The molecule has 4 heterocycles. The molecule has 0 spiro atoms. The van der Waals surface area contributed by atoms with E-state index in [0.29, 0.717) is 11.5 Å². The van der Waals surface area contributed by atoms with Gasteiger partial charge in [-0.15, -0.1) is 53.6 Å². The number of aromatic nitrogens is 3. The molecule has 10 aromatic rings. The number of fused-ring (bicyclic) bond motifs is 7. The van der Waals surface area contributed by atoms with Crippen molar-refractivity contribution in [3.63, 3.8) is 0 Å². The van der Waals surface area contributed by atoms with Crippen LogP contribution in [-0.2, 0) is 42.7 Å². The molecule has 0 amide bonds. The molecule has 362 valence electrons. The first-order chi connectivity index (χ1) is 33.2. The maximum atomic E-state index is 6.94. The molecule has 11 rings (SSSR count). The van der Waals surface area contributed by atoms with Crippen LogP contribution < -0.4 is 14.5 Å². The van der Waals surface area contributed by atoms with Crippen LogP contribution in [0.4, 0.5) is 22.7 Å². The summed E-state index contributed by atoms with van der Waals surface area (Å²) in [6.45, 7) is 29.3. The molecule has 0 fully saturated rings. The number of benzene rings is 7. The Morgan fingerprint density at radius 3 is 1.66 bits per heavy atom. The third-order valence-electron chi connectivity index (χ3n) is 14.1. The molecule has 7 aromatic carbocycles. The standard InChI is InChI=1S/C64H62N5O.Pt/c1-61(2,3)41-21-29-56-53(35-41)52-28-27-48(39-58(52)69(56)60-37-43(31-32-65-60)63(7,8)9)70-49-34-44(64(10,11)12)33-47(38-49)67-40-66(59-36-42(62(4,5)6)22-30-57(59)67)45-23-25-46(26-24-45)68-54-19-15-13-17-50(54)51-18-14-16-20-55(51)68;/h13-37,40H,1-12H3;/q-3;. The molecule has 7 heteroatoms. The smallest absolute Gasteiger partial charge is 0.135 e. The fourth-order valence-corrected chi connectivity index (χ4v) is 9.95. The van der Waals surface area contributed by atoms with Crippen molar-refractivity contribution in [1.29, 1.82) is 0 Å². The van der Waals surface area contributed by atoms with Gasteiger partial charge in [0.25, 0.3) is 0 Å². The van der Waals surface area contributed by atoms with Crippen LogP contribution in [0.2, 0.25) is 0 Å². The minimum absolute atomic E-state index is 0. The van der Waals surface area contributed by atoms with E-state index < -0.39 is 0 Å². The van der Waals surface area contributed by atoms with Crippen molar-refractivity contribution >= 4 is 66.4 Å². The van der Waals surface area contributed by atoms with Crippen molar-refractivity contribution in [3.05, 3.63) is 193 Å². The van der Waals surface area contributed by atoms with E-state index in [2.05, 4.69) is 260 Å². The molecular formula is C64H62N5OPt-3. The Morgan fingerprint density at radius 1 is 0.437 bits per heavy atom. The Bertz CT molecular complexity index is 3610. The van der Waals surface area contributed by atoms with Crippen LogP contribution in [-0.4, -0.2) is 14.1 Å². The Labute approximate surface area is 434 Å². The first-order valence-corrected chi connectivity index (χ1v) is 24.6. The van der Waals surface area contributed by atoms with E-state index >= 15 is 0 Å². The zero-order valence-electron chi connectivity index (χ0n) is 43.0. The monoisotopic (exact) mass is 1110 g/mol. The van der Waals surface area contributed by atoms with E-state index in [1.54, 1.807) is 0 Å². The van der Waals surface area contributed by atoms with Gasteiger partial charge in [0.15, 0.2) is 0 Å². The van der Waals surface area contributed by atoms with E-state index in [0.717, 1.165) is 56.2 Å². The Hall–Kier alpha value is -6.62. The fraction of sp³-hybridized carbons (Fsp3) is 0.250. The molecule has 0 bridgehead atoms. The van der Waals surface area contributed by atoms with Crippen LogP contribution in [0.1, 0.15) is 105 Å². The first kappa shape index (κ1) is 48.0. The second-order valence-corrected chi connectivity index (χ2v) is 23.2. The molecule has 6 nitrogen and oxygen atoms in total. The minimum Gasteiger partial charge on any atom is -0.509 e. The zero-order valence-corrected chi connectivity index (χ0v) is 45.2. The van der Waals surface area contributed by atoms with Crippen LogP contribution in [0.15, 0.2) is 152 Å². The number of ether oxygens (including phenoxy) is 1. The van der Waals surface area contributed by atoms with Gasteiger partial charge in [0, 0.05) is 77.8 Å². The predicted octanol–water partition coefficient (Wildman–Crippen LogP) is 17.3. The molecule has 0 unspecified atom stereocenters. The average Bonchev–Trinajstić information content (AvgIpc) is 3.98. The molecule has 0 radical (unpaired) electrons. The van der Waals surface area contributed by atoms with Gasteiger partial charge in [-0.2, -0.15) is 6.07 Å². The van der Waals surface area contributed by atoms with Crippen LogP contribution in [0.25, 0.3) is 55.1 Å². The van der Waals surface area contributed by atoms with Gasteiger partial charge in [0.2, 0.25) is 0 Å². The third kappa shape index (κ3) is 8.63. The Balaban J connectivity index is 0.00000582. The number of hydrogen-bond donors (Lipinski definition) is 0. The zero-order chi connectivity index (χ0) is 49.1. The summed E-state index contributed by atoms with van der Waals surface area (Å²) < 4.78 is 11.5. The second-order valence-electron chi connectivity index (χ2n) is 23.2. The number of pyridine rings is 1. The summed E-state index contributed by atoms with van der Waals surface area (Å²) in [7, 11) is 0. The Kier molecular flexibility index (Phi) is 11.7. The fourth-order valence-electron chi connectivity index (χ4n) is 9.95. The summed E-state index contributed by atoms with van der Waals surface area (Å²) in [6, 6.07) is 60.4. The van der Waals surface area contributed by atoms with Crippen molar-refractivity contribution in [1.82, 2.24) is 14.1 Å². The molecule has 0 N–H and O–H groups in total. The van der Waals surface area contributed by atoms with E-state index in [4.69, 9.17) is 9.72 Å². The van der Waals surface area contributed by atoms with E-state index in [-0.39, 0.29) is 42.7 Å². The van der Waals surface area contributed by atoms with Crippen molar-refractivity contribution in [2.75, 3.05) is 9.80 Å². The second kappa shape index (κ2) is 17.3. The summed E-state index contributed by atoms with van der Waals surface area (Å²) in [5, 5.41) is 4.77. The molecule has 0 saturated heterocycles. The summed E-state index contributed by atoms with van der Waals surface area (Å²) in [5.74, 6) is 2.09. The van der Waals surface area contributed by atoms with E-state index in [1.807, 2.05) is 12.3 Å². The van der Waals surface area contributed by atoms with Gasteiger partial charge in [-0.05, 0) is 110 Å². The molecule has 71 heavy (non-hydrogen) atoms. The van der Waals surface area contributed by atoms with Crippen LogP contribution in [0.3, 0.4) is 0 Å². The van der Waals surface area contributed by atoms with Crippen molar-refractivity contribution in [2.45, 2.75) is 105 Å². The van der Waals surface area contributed by atoms with Crippen LogP contribution in [0.5, 0.6) is 11.5 Å². The molecule has 3 aromatic heterocycles. The van der Waals surface area contributed by atoms with Gasteiger partial charge in [-0.3, -0.25) is 0 Å². The predicted molar refractivity (Wildman–Crippen MR) is 293 cm³/mol. The maximum absolute atomic E-state index is 6.94. The summed E-state index contributed by atoms with van der Waals surface area (Å²) >= 11 is 0. The SMILES string of the molecule is CC(C)(C)c1cc(Oc2[c-]c3c(cc2)c2cc(C(C)(C)C)ccc2n3-c2cc(C(C)(C)C)ccn2)[c-]c(N2[CH-]N(c3ccc(-n4c5ccccc5c5ccccc54)cc3)c3cc(C(C)(C)C)ccc32)c1.[Pt]. The van der Waals surface area contributed by atoms with Crippen molar-refractivity contribution in [3.8, 4) is 23.0 Å². The van der Waals surface area contributed by atoms with E-state index in [9.17, 15) is 0 Å². The van der Waals surface area contributed by atoms with Gasteiger partial charge in [-0.25, -0.2) is 4.98 Å². The largest absolute Gasteiger partial charge is 0.509 e. The molecule has 0 atom stereocenters. The molecule has 0 saturated carbocycles. The molecule has 1 aliphatic heterocycles. The first-order valence-electron chi connectivity index (χ1n) is 24.6. The van der Waals surface area contributed by atoms with Gasteiger partial charge >= 0.3 is 0 Å². The minimum atomic E-state index is -0.183. The topological polar surface area (TPSA) is 38.5 Å². The van der Waals surface area contributed by atoms with Crippen molar-refractivity contribution < 1.29 is 25.8 Å². The number of para-hydroxylation sites is 2. The van der Waals surface area contributed by atoms with Gasteiger partial charge in [0.1, 0.15) is 5.82 Å². The molecule has 1 aliphatic rings. The van der Waals surface area contributed by atoms with Gasteiger partial charge in [0.05, 0.1) is 11.0 Å². The maximum Gasteiger partial charge on any atom is 0.135 e. The number of nitrogens with zero attached hydrogens (tertiary/aromatic N) is 5. The summed E-state index contributed by atoms with van der Waals surface area (Å²) in [4.78, 5) is 9.53. The normalized spacial score (nSPS) is 13.4. The molecule has 0 aliphatic carbocycles. The molecular weight excluding hydrogens is 1050 g/mol. The average molecular weight is 1110 g/mol. The number of anilines is 4. The van der Waals surface area contributed by atoms with Gasteiger partial charge < -0.3 is 23.7 Å².